The summed E-state index contributed by atoms with van der Waals surface area (Å²) in [6, 6.07) is 5.90. The fourth-order valence-corrected chi connectivity index (χ4v) is 3.21. The molecule has 0 saturated carbocycles. The first-order valence-corrected chi connectivity index (χ1v) is 7.89. The van der Waals surface area contributed by atoms with Crippen molar-refractivity contribution >= 4 is 37.8 Å². The number of aryl methyl sites for hydroxylation is 1. The van der Waals surface area contributed by atoms with Gasteiger partial charge in [0.05, 0.1) is 5.56 Å². The number of piperidine rings is 1. The summed E-state index contributed by atoms with van der Waals surface area (Å²) in [6.07, 6.45) is 1.06. The smallest absolute Gasteiger partial charge is 0.255 e. The van der Waals surface area contributed by atoms with Crippen molar-refractivity contribution in [3.8, 4) is 0 Å². The van der Waals surface area contributed by atoms with Crippen LogP contribution in [0.1, 0.15) is 29.3 Å². The van der Waals surface area contributed by atoms with Crippen LogP contribution in [0.4, 0.5) is 0 Å². The Morgan fingerprint density at radius 3 is 2.83 bits per heavy atom. The Bertz CT molecular complexity index is 461. The summed E-state index contributed by atoms with van der Waals surface area (Å²) in [7, 11) is 0. The number of halogens is 2. The average molecular weight is 375 g/mol. The summed E-state index contributed by atoms with van der Waals surface area (Å²) in [5.41, 5.74) is 1.88. The average Bonchev–Trinajstić information content (AvgIpc) is 2.35. The van der Waals surface area contributed by atoms with Crippen LogP contribution in [0.25, 0.3) is 0 Å². The molecule has 1 aliphatic heterocycles. The molecule has 1 fully saturated rings. The highest BCUT2D eigenvalue weighted by molar-refractivity contribution is 9.10. The molecule has 1 aromatic rings. The first-order valence-electron chi connectivity index (χ1n) is 6.18. The SMILES string of the molecule is Cc1ccc(Br)c(C(=O)N2CCC(C)C(Br)C2)c1. The van der Waals surface area contributed by atoms with Crippen LogP contribution in [-0.4, -0.2) is 28.7 Å². The minimum atomic E-state index is 0.127. The molecule has 0 aromatic heterocycles. The van der Waals surface area contributed by atoms with Crippen molar-refractivity contribution < 1.29 is 4.79 Å². The van der Waals surface area contributed by atoms with Gasteiger partial charge in [0.1, 0.15) is 0 Å². The van der Waals surface area contributed by atoms with Crippen LogP contribution in [0.3, 0.4) is 0 Å². The molecule has 2 atom stereocenters. The number of carbonyl (C=O) groups is 1. The monoisotopic (exact) mass is 373 g/mol. The van der Waals surface area contributed by atoms with Gasteiger partial charge >= 0.3 is 0 Å². The summed E-state index contributed by atoms with van der Waals surface area (Å²) in [6.45, 7) is 5.88. The molecule has 1 aliphatic rings. The summed E-state index contributed by atoms with van der Waals surface area (Å²) in [4.78, 5) is 14.8. The van der Waals surface area contributed by atoms with Crippen LogP contribution in [0.5, 0.6) is 0 Å². The van der Waals surface area contributed by atoms with E-state index >= 15 is 0 Å². The number of hydrogen-bond donors (Lipinski definition) is 0. The summed E-state index contributed by atoms with van der Waals surface area (Å²) >= 11 is 7.13. The van der Waals surface area contributed by atoms with Gasteiger partial charge in [0.15, 0.2) is 0 Å². The molecule has 2 unspecified atom stereocenters. The van der Waals surface area contributed by atoms with Crippen LogP contribution >= 0.6 is 31.9 Å². The van der Waals surface area contributed by atoms with Gasteiger partial charge in [0.25, 0.3) is 5.91 Å². The summed E-state index contributed by atoms with van der Waals surface area (Å²) in [5, 5.41) is 0. The van der Waals surface area contributed by atoms with E-state index in [1.807, 2.05) is 30.0 Å². The van der Waals surface area contributed by atoms with Gasteiger partial charge in [0.2, 0.25) is 0 Å². The molecule has 1 saturated heterocycles. The van der Waals surface area contributed by atoms with Crippen molar-refractivity contribution in [2.75, 3.05) is 13.1 Å². The van der Waals surface area contributed by atoms with Crippen LogP contribution in [0.15, 0.2) is 22.7 Å². The Hall–Kier alpha value is -0.350. The van der Waals surface area contributed by atoms with E-state index < -0.39 is 0 Å². The van der Waals surface area contributed by atoms with E-state index in [-0.39, 0.29) is 5.91 Å². The standard InChI is InChI=1S/C14H17Br2NO/c1-9-3-4-12(15)11(7-9)14(18)17-6-5-10(2)13(16)8-17/h3-4,7,10,13H,5-6,8H2,1-2H3. The molecule has 0 bridgehead atoms. The van der Waals surface area contributed by atoms with Gasteiger partial charge in [-0.15, -0.1) is 0 Å². The largest absolute Gasteiger partial charge is 0.337 e. The topological polar surface area (TPSA) is 20.3 Å². The Labute approximate surface area is 125 Å². The molecule has 0 spiro atoms. The lowest BCUT2D eigenvalue weighted by Gasteiger charge is -2.34. The maximum Gasteiger partial charge on any atom is 0.255 e. The van der Waals surface area contributed by atoms with E-state index in [0.717, 1.165) is 35.1 Å². The second-order valence-corrected chi connectivity index (χ2v) is 7.05. The van der Waals surface area contributed by atoms with Gasteiger partial charge in [-0.3, -0.25) is 4.79 Å². The highest BCUT2D eigenvalue weighted by atomic mass is 79.9. The molecule has 4 heteroatoms. The van der Waals surface area contributed by atoms with E-state index in [9.17, 15) is 4.79 Å². The Kier molecular flexibility index (Phi) is 4.49. The normalized spacial score (nSPS) is 24.1. The molecule has 0 radical (unpaired) electrons. The van der Waals surface area contributed by atoms with Gasteiger partial charge in [0, 0.05) is 22.4 Å². The maximum absolute atomic E-state index is 12.5. The predicted molar refractivity (Wildman–Crippen MR) is 81.3 cm³/mol. The quantitative estimate of drug-likeness (QED) is 0.680. The number of likely N-dealkylation sites (tertiary alicyclic amines) is 1. The van der Waals surface area contributed by atoms with Crippen LogP contribution < -0.4 is 0 Å². The molecule has 18 heavy (non-hydrogen) atoms. The maximum atomic E-state index is 12.5. The minimum Gasteiger partial charge on any atom is -0.337 e. The Morgan fingerprint density at radius 1 is 1.44 bits per heavy atom. The second kappa shape index (κ2) is 5.74. The van der Waals surface area contributed by atoms with E-state index in [4.69, 9.17) is 0 Å². The molecule has 98 valence electrons. The van der Waals surface area contributed by atoms with E-state index in [1.165, 1.54) is 0 Å². The molecule has 1 amide bonds. The number of alkyl halides is 1. The van der Waals surface area contributed by atoms with E-state index in [1.54, 1.807) is 0 Å². The second-order valence-electron chi connectivity index (χ2n) is 5.02. The fourth-order valence-electron chi connectivity index (χ4n) is 2.18. The summed E-state index contributed by atoms with van der Waals surface area (Å²) < 4.78 is 0.878. The van der Waals surface area contributed by atoms with E-state index in [0.29, 0.717) is 10.7 Å². The van der Waals surface area contributed by atoms with Crippen molar-refractivity contribution in [3.05, 3.63) is 33.8 Å². The van der Waals surface area contributed by atoms with Gasteiger partial charge in [-0.25, -0.2) is 0 Å². The molecule has 1 heterocycles. The van der Waals surface area contributed by atoms with Gasteiger partial charge in [-0.1, -0.05) is 34.5 Å². The molecule has 2 nitrogen and oxygen atoms in total. The lowest BCUT2D eigenvalue weighted by Crippen LogP contribution is -2.43. The molecular weight excluding hydrogens is 358 g/mol. The number of hydrogen-bond acceptors (Lipinski definition) is 1. The third-order valence-corrected chi connectivity index (χ3v) is 5.39. The van der Waals surface area contributed by atoms with E-state index in [2.05, 4.69) is 38.8 Å². The van der Waals surface area contributed by atoms with Crippen LogP contribution in [0.2, 0.25) is 0 Å². The lowest BCUT2D eigenvalue weighted by atomic mass is 9.98. The number of benzene rings is 1. The minimum absolute atomic E-state index is 0.127. The first-order chi connectivity index (χ1) is 8.49. The van der Waals surface area contributed by atoms with Crippen molar-refractivity contribution in [2.24, 2.45) is 5.92 Å². The summed E-state index contributed by atoms with van der Waals surface area (Å²) in [5.74, 6) is 0.761. The number of carbonyl (C=O) groups excluding carboxylic acids is 1. The third kappa shape index (κ3) is 2.97. The third-order valence-electron chi connectivity index (χ3n) is 3.51. The predicted octanol–water partition coefficient (Wildman–Crippen LogP) is 4.00. The van der Waals surface area contributed by atoms with Gasteiger partial charge in [-0.2, -0.15) is 0 Å². The Balaban J connectivity index is 2.19. The Morgan fingerprint density at radius 2 is 2.17 bits per heavy atom. The number of amides is 1. The molecule has 0 N–H and O–H groups in total. The highest BCUT2D eigenvalue weighted by Gasteiger charge is 2.28. The van der Waals surface area contributed by atoms with Gasteiger partial charge in [-0.05, 0) is 47.3 Å². The van der Waals surface area contributed by atoms with Crippen molar-refractivity contribution in [1.29, 1.82) is 0 Å². The van der Waals surface area contributed by atoms with Crippen LogP contribution in [0, 0.1) is 12.8 Å². The zero-order chi connectivity index (χ0) is 13.3. The zero-order valence-corrected chi connectivity index (χ0v) is 13.8. The first kappa shape index (κ1) is 14.1. The van der Waals surface area contributed by atoms with Crippen molar-refractivity contribution in [3.63, 3.8) is 0 Å². The lowest BCUT2D eigenvalue weighted by molar-refractivity contribution is 0.0705. The number of rotatable bonds is 1. The fraction of sp³-hybridized carbons (Fsp3) is 0.500. The van der Waals surface area contributed by atoms with Gasteiger partial charge < -0.3 is 4.90 Å². The number of nitrogens with zero attached hydrogens (tertiary/aromatic N) is 1. The van der Waals surface area contributed by atoms with Crippen molar-refractivity contribution in [1.82, 2.24) is 4.90 Å². The molecule has 2 rings (SSSR count). The molecule has 0 aliphatic carbocycles. The molecule has 1 aromatic carbocycles. The molecular formula is C14H17Br2NO. The zero-order valence-electron chi connectivity index (χ0n) is 10.6. The highest BCUT2D eigenvalue weighted by Crippen LogP contribution is 2.26. The van der Waals surface area contributed by atoms with Crippen molar-refractivity contribution in [2.45, 2.75) is 25.1 Å². The van der Waals surface area contributed by atoms with Crippen LogP contribution in [-0.2, 0) is 0 Å².